The molecule has 4 atom stereocenters. The van der Waals surface area contributed by atoms with Crippen LogP contribution in [0.25, 0.3) is 11.0 Å². The van der Waals surface area contributed by atoms with Crippen molar-refractivity contribution in [2.45, 2.75) is 43.6 Å². The van der Waals surface area contributed by atoms with Crippen LogP contribution in [0.4, 0.5) is 5.82 Å². The van der Waals surface area contributed by atoms with Gasteiger partial charge in [0.2, 0.25) is 5.28 Å². The monoisotopic (exact) mass is 413 g/mol. The Kier molecular flexibility index (Phi) is 4.70. The summed E-state index contributed by atoms with van der Waals surface area (Å²) in [7, 11) is 0. The van der Waals surface area contributed by atoms with E-state index in [9.17, 15) is 10.2 Å². The van der Waals surface area contributed by atoms with Gasteiger partial charge in [0.05, 0.1) is 17.5 Å². The second kappa shape index (κ2) is 7.25. The SMILES string of the molecule is Nc1nc(Cl)nc2c1ccn2[C@@H]1C[C@H](c2cccc(CN3CCC3)c2)[C@@H](O)[C@H]1O. The van der Waals surface area contributed by atoms with Gasteiger partial charge in [0.15, 0.2) is 0 Å². The Labute approximate surface area is 173 Å². The summed E-state index contributed by atoms with van der Waals surface area (Å²) in [6.45, 7) is 3.22. The van der Waals surface area contributed by atoms with Crippen LogP contribution >= 0.6 is 11.6 Å². The Bertz CT molecular complexity index is 1050. The van der Waals surface area contributed by atoms with Crippen LogP contribution in [0.15, 0.2) is 36.5 Å². The number of aliphatic hydroxyl groups is 2. The van der Waals surface area contributed by atoms with Crippen LogP contribution < -0.4 is 5.73 Å². The molecule has 2 aromatic heterocycles. The zero-order valence-corrected chi connectivity index (χ0v) is 16.7. The number of nitrogens with two attached hydrogens (primary N) is 1. The van der Waals surface area contributed by atoms with Crippen molar-refractivity contribution in [3.05, 3.63) is 52.9 Å². The number of hydrogen-bond donors (Lipinski definition) is 3. The molecule has 0 spiro atoms. The number of aromatic nitrogens is 3. The molecule has 8 heteroatoms. The van der Waals surface area contributed by atoms with E-state index in [0.717, 1.165) is 25.2 Å². The third-order valence-electron chi connectivity index (χ3n) is 6.32. The number of hydrogen-bond acceptors (Lipinski definition) is 6. The molecule has 0 bridgehead atoms. The summed E-state index contributed by atoms with van der Waals surface area (Å²) < 4.78 is 1.86. The van der Waals surface area contributed by atoms with Crippen LogP contribution in [0.5, 0.6) is 0 Å². The molecule has 4 N–H and O–H groups in total. The number of likely N-dealkylation sites (tertiary alicyclic amines) is 1. The van der Waals surface area contributed by atoms with Gasteiger partial charge < -0.3 is 20.5 Å². The van der Waals surface area contributed by atoms with Gasteiger partial charge in [0, 0.05) is 18.7 Å². The lowest BCUT2D eigenvalue weighted by Crippen LogP contribution is -2.36. The first-order valence-electron chi connectivity index (χ1n) is 9.98. The molecule has 2 aliphatic rings. The van der Waals surface area contributed by atoms with Gasteiger partial charge in [0.25, 0.3) is 0 Å². The fourth-order valence-corrected chi connectivity index (χ4v) is 4.80. The number of benzene rings is 1. The quantitative estimate of drug-likeness (QED) is 0.567. The molecule has 2 fully saturated rings. The van der Waals surface area contributed by atoms with Crippen LogP contribution in [0.3, 0.4) is 0 Å². The van der Waals surface area contributed by atoms with Crippen molar-refractivity contribution in [2.75, 3.05) is 18.8 Å². The Morgan fingerprint density at radius 3 is 2.72 bits per heavy atom. The number of rotatable bonds is 4. The molecule has 1 saturated carbocycles. The zero-order valence-electron chi connectivity index (χ0n) is 15.9. The van der Waals surface area contributed by atoms with Gasteiger partial charge >= 0.3 is 0 Å². The number of nitrogens with zero attached hydrogens (tertiary/aromatic N) is 4. The van der Waals surface area contributed by atoms with Gasteiger partial charge in [-0.1, -0.05) is 24.3 Å². The standard InChI is InChI=1S/C21H24ClN5O2/c22-21-24-19(23)14-5-8-27(20(14)25-21)16-10-15(17(28)18(16)29)13-4-1-3-12(9-13)11-26-6-2-7-26/h1,3-5,8-9,15-18,28-29H,2,6-7,10-11H2,(H2,23,24,25)/t15-,16-,17-,18+/m1/s1. The molecule has 0 amide bonds. The molecule has 1 aliphatic carbocycles. The maximum absolute atomic E-state index is 10.8. The van der Waals surface area contributed by atoms with Gasteiger partial charge in [0.1, 0.15) is 17.6 Å². The van der Waals surface area contributed by atoms with Crippen molar-refractivity contribution in [3.8, 4) is 0 Å². The number of nitrogen functional groups attached to an aromatic ring is 1. The molecule has 0 unspecified atom stereocenters. The van der Waals surface area contributed by atoms with E-state index < -0.39 is 12.2 Å². The summed E-state index contributed by atoms with van der Waals surface area (Å²) in [5, 5.41) is 22.4. The minimum absolute atomic E-state index is 0.0678. The minimum Gasteiger partial charge on any atom is -0.390 e. The number of halogens is 1. The van der Waals surface area contributed by atoms with Gasteiger partial charge in [-0.2, -0.15) is 4.98 Å². The minimum atomic E-state index is -0.912. The molecule has 1 aromatic carbocycles. The summed E-state index contributed by atoms with van der Waals surface area (Å²) in [5.41, 5.74) is 8.83. The topological polar surface area (TPSA) is 100 Å². The predicted molar refractivity (Wildman–Crippen MR) is 112 cm³/mol. The molecule has 3 aromatic rings. The Morgan fingerprint density at radius 2 is 1.97 bits per heavy atom. The average molecular weight is 414 g/mol. The van der Waals surface area contributed by atoms with Gasteiger partial charge in [-0.05, 0) is 54.7 Å². The second-order valence-corrected chi connectivity index (χ2v) is 8.44. The predicted octanol–water partition coefficient (Wildman–Crippen LogP) is 2.32. The van der Waals surface area contributed by atoms with Crippen molar-refractivity contribution in [1.82, 2.24) is 19.4 Å². The molecular weight excluding hydrogens is 390 g/mol. The van der Waals surface area contributed by atoms with E-state index >= 15 is 0 Å². The van der Waals surface area contributed by atoms with E-state index in [-0.39, 0.29) is 17.2 Å². The Hall–Kier alpha value is -2.19. The highest BCUT2D eigenvalue weighted by atomic mass is 35.5. The van der Waals surface area contributed by atoms with Crippen molar-refractivity contribution in [3.63, 3.8) is 0 Å². The first-order valence-corrected chi connectivity index (χ1v) is 10.4. The van der Waals surface area contributed by atoms with Crippen molar-refractivity contribution in [1.29, 1.82) is 0 Å². The number of anilines is 1. The van der Waals surface area contributed by atoms with Crippen LogP contribution in [0, 0.1) is 0 Å². The van der Waals surface area contributed by atoms with Crippen LogP contribution in [-0.2, 0) is 6.54 Å². The third-order valence-corrected chi connectivity index (χ3v) is 6.49. The van der Waals surface area contributed by atoms with E-state index in [0.29, 0.717) is 23.3 Å². The first kappa shape index (κ1) is 18.8. The van der Waals surface area contributed by atoms with Crippen molar-refractivity contribution in [2.24, 2.45) is 0 Å². The first-order chi connectivity index (χ1) is 14.0. The molecule has 1 saturated heterocycles. The third kappa shape index (κ3) is 3.28. The lowest BCUT2D eigenvalue weighted by Gasteiger charge is -2.31. The normalized spacial score (nSPS) is 27.4. The van der Waals surface area contributed by atoms with Crippen LogP contribution in [0.2, 0.25) is 5.28 Å². The maximum atomic E-state index is 10.8. The van der Waals surface area contributed by atoms with E-state index in [1.54, 1.807) is 0 Å². The molecule has 152 valence electrons. The smallest absolute Gasteiger partial charge is 0.226 e. The molecule has 29 heavy (non-hydrogen) atoms. The fraction of sp³-hybridized carbons (Fsp3) is 0.429. The zero-order chi connectivity index (χ0) is 20.1. The van der Waals surface area contributed by atoms with Crippen LogP contribution in [0.1, 0.15) is 35.9 Å². The van der Waals surface area contributed by atoms with Gasteiger partial charge in [-0.25, -0.2) is 4.98 Å². The summed E-state index contributed by atoms with van der Waals surface area (Å²) in [6.07, 6.45) is 1.92. The molecule has 3 heterocycles. The van der Waals surface area contributed by atoms with Gasteiger partial charge in [-0.3, -0.25) is 4.90 Å². The molecule has 7 nitrogen and oxygen atoms in total. The average Bonchev–Trinajstić information content (AvgIpc) is 3.20. The molecule has 5 rings (SSSR count). The molecular formula is C21H24ClN5O2. The van der Waals surface area contributed by atoms with E-state index in [1.165, 1.54) is 12.0 Å². The Balaban J connectivity index is 1.44. The largest absolute Gasteiger partial charge is 0.390 e. The number of fused-ring (bicyclic) bond motifs is 1. The summed E-state index contributed by atoms with van der Waals surface area (Å²) in [4.78, 5) is 10.7. The van der Waals surface area contributed by atoms with E-state index in [1.807, 2.05) is 29.0 Å². The summed E-state index contributed by atoms with van der Waals surface area (Å²) in [5.74, 6) is 0.153. The number of aliphatic hydroxyl groups excluding tert-OH is 2. The second-order valence-electron chi connectivity index (χ2n) is 8.10. The van der Waals surface area contributed by atoms with Crippen LogP contribution in [-0.4, -0.2) is 54.9 Å². The summed E-state index contributed by atoms with van der Waals surface area (Å²) in [6, 6.07) is 9.85. The highest BCUT2D eigenvalue weighted by Gasteiger charge is 2.43. The molecule has 1 aliphatic heterocycles. The van der Waals surface area contributed by atoms with E-state index in [4.69, 9.17) is 17.3 Å². The van der Waals surface area contributed by atoms with Crippen molar-refractivity contribution < 1.29 is 10.2 Å². The lowest BCUT2D eigenvalue weighted by molar-refractivity contribution is 0.0179. The molecule has 0 radical (unpaired) electrons. The maximum Gasteiger partial charge on any atom is 0.226 e. The highest BCUT2D eigenvalue weighted by molar-refractivity contribution is 6.28. The lowest BCUT2D eigenvalue weighted by atomic mass is 9.93. The van der Waals surface area contributed by atoms with Gasteiger partial charge in [-0.15, -0.1) is 0 Å². The Morgan fingerprint density at radius 1 is 1.14 bits per heavy atom. The summed E-state index contributed by atoms with van der Waals surface area (Å²) >= 11 is 5.99. The van der Waals surface area contributed by atoms with Crippen molar-refractivity contribution >= 4 is 28.5 Å². The van der Waals surface area contributed by atoms with E-state index in [2.05, 4.69) is 27.0 Å². The highest BCUT2D eigenvalue weighted by Crippen LogP contribution is 2.43. The fourth-order valence-electron chi connectivity index (χ4n) is 4.63.